The molecule has 804 valence electrons. The standard InChI is InChI=1S/C94H161N27O22/c1-11-53(7)74(120-82(132)64(26-15-19-41-97)109-84(134)69(48-58-33-37-60(125)38-34-58)115-88(138)73(52(5)6)118-90(140)75(54(8)12-2)119-77(127)61(99)47-57-31-35-59(124)36-32-57)89(139)112-66(29-22-44-105-94(102)103)81(131)116-70(49-122)85(135)107-56(10)91(141)121-45-23-30-72(121)87(137)111-63(25-14-18-40-96)79(129)108-65(28-21-43-104-93(100)101)80(130)117-71(50-123)86(136)110-62(24-13-17-39-95)78(128)106-55(9)76(126)114-68(46-51(3)4)83(133)113-67(92(142)143)27-16-20-42-98/h31-38,51-56,61-75,122-125H,11-30,39-50,95-99H2,1-10H3,(H,106,128)(H,107,135)(H,108,129)(H,109,134)(H,110,136)(H,111,137)(H,112,139)(H,113,133)(H,114,126)(H,115,138)(H,116,131)(H,117,130)(H,118,140)(H,119,127)(H,120,132)(H,142,143)(H4,100,101,104)(H4,102,103,105)/t53-,54-,55-,56-,61-,62-,63-,64-,65-,66-,67-,68-,69-,70-,71-,72-,73-,74-,75-/m0/s1. The number of aromatic hydroxyl groups is 2. The van der Waals surface area contributed by atoms with Gasteiger partial charge in [0, 0.05) is 26.1 Å². The van der Waals surface area contributed by atoms with E-state index in [1.807, 2.05) is 0 Å². The number of carboxylic acids is 1. The van der Waals surface area contributed by atoms with Gasteiger partial charge < -0.3 is 161 Å². The highest BCUT2D eigenvalue weighted by Crippen LogP contribution is 2.23. The Hall–Kier alpha value is -12.7. The third-order valence-electron chi connectivity index (χ3n) is 24.4. The summed E-state index contributed by atoms with van der Waals surface area (Å²) in [6.07, 6.45) is 2.95. The summed E-state index contributed by atoms with van der Waals surface area (Å²) >= 11 is 0. The van der Waals surface area contributed by atoms with E-state index in [9.17, 15) is 107 Å². The first-order valence-electron chi connectivity index (χ1n) is 49.3. The summed E-state index contributed by atoms with van der Waals surface area (Å²) in [5.74, 6) is -18.7. The third kappa shape index (κ3) is 45.2. The molecule has 2 aromatic rings. The van der Waals surface area contributed by atoms with Crippen LogP contribution in [-0.2, 0) is 94.3 Å². The van der Waals surface area contributed by atoms with E-state index < -0.39 is 246 Å². The van der Waals surface area contributed by atoms with Gasteiger partial charge in [0.15, 0.2) is 11.9 Å². The zero-order chi connectivity index (χ0) is 107. The zero-order valence-electron chi connectivity index (χ0n) is 84.0. The predicted octanol–water partition coefficient (Wildman–Crippen LogP) is -5.58. The number of aliphatic hydroxyl groups is 2. The summed E-state index contributed by atoms with van der Waals surface area (Å²) in [4.78, 5) is 243. The van der Waals surface area contributed by atoms with Crippen LogP contribution in [0.5, 0.6) is 11.5 Å². The highest BCUT2D eigenvalue weighted by molar-refractivity contribution is 6.01. The van der Waals surface area contributed by atoms with Crippen LogP contribution in [0.25, 0.3) is 0 Å². The Bertz CT molecular complexity index is 4440. The number of aliphatic hydroxyl groups excluding tert-OH is 2. The van der Waals surface area contributed by atoms with Crippen molar-refractivity contribution in [2.45, 2.75) is 320 Å². The van der Waals surface area contributed by atoms with Crippen LogP contribution in [0.2, 0.25) is 0 Å². The van der Waals surface area contributed by atoms with Crippen molar-refractivity contribution in [3.8, 4) is 11.5 Å². The first-order valence-corrected chi connectivity index (χ1v) is 49.3. The summed E-state index contributed by atoms with van der Waals surface area (Å²) in [5.41, 5.74) is 41.6. The predicted molar refractivity (Wildman–Crippen MR) is 532 cm³/mol. The fourth-order valence-corrected chi connectivity index (χ4v) is 15.5. The molecule has 1 heterocycles. The van der Waals surface area contributed by atoms with Crippen LogP contribution in [0.1, 0.15) is 215 Å². The Morgan fingerprint density at radius 3 is 1.11 bits per heavy atom. The Morgan fingerprint density at radius 1 is 0.378 bits per heavy atom. The molecule has 0 aromatic heterocycles. The first kappa shape index (κ1) is 124. The number of phenols is 2. The number of benzene rings is 2. The second-order valence-corrected chi connectivity index (χ2v) is 37.0. The minimum atomic E-state index is -1.84. The number of nitrogens with two attached hydrogens (primary N) is 7. The Balaban J connectivity index is 1.90. The quantitative estimate of drug-likeness (QED) is 0.0167. The van der Waals surface area contributed by atoms with Gasteiger partial charge >= 0.3 is 5.97 Å². The maximum Gasteiger partial charge on any atom is 0.326 e. The van der Waals surface area contributed by atoms with E-state index in [2.05, 4.69) is 90.4 Å². The van der Waals surface area contributed by atoms with Gasteiger partial charge in [0.1, 0.15) is 108 Å². The van der Waals surface area contributed by atoms with Gasteiger partial charge in [-0.3, -0.25) is 87.5 Å². The summed E-state index contributed by atoms with van der Waals surface area (Å²) in [5, 5.41) is 111. The summed E-state index contributed by atoms with van der Waals surface area (Å²) < 4.78 is 0. The number of nitrogens with zero attached hydrogens (tertiary/aromatic N) is 1. The lowest BCUT2D eigenvalue weighted by molar-refractivity contribution is -0.142. The van der Waals surface area contributed by atoms with Crippen LogP contribution < -0.4 is 131 Å². The number of carbonyl (C=O) groups is 17. The minimum Gasteiger partial charge on any atom is -0.508 e. The fraction of sp³-hybridized carbons (Fsp3) is 0.670. The molecule has 3 rings (SSSR count). The minimum absolute atomic E-state index is 0.0110. The van der Waals surface area contributed by atoms with Crippen LogP contribution in [0.4, 0.5) is 0 Å². The molecular weight excluding hydrogens is 1860 g/mol. The van der Waals surface area contributed by atoms with Gasteiger partial charge in [-0.15, -0.1) is 0 Å². The van der Waals surface area contributed by atoms with E-state index in [-0.39, 0.29) is 166 Å². The van der Waals surface area contributed by atoms with Gasteiger partial charge in [-0.2, -0.15) is 0 Å². The summed E-state index contributed by atoms with van der Waals surface area (Å²) in [7, 11) is 0. The number of hydrogen-bond acceptors (Lipinski definition) is 28. The SMILES string of the molecule is CC[C@H](C)[C@H](NC(=O)[C@H](CCCCN)NC(=O)[C@H](Cc1ccc(O)cc1)NC(=O)[C@@H](NC(=O)[C@@H](NC(=O)[C@@H](N)Cc1ccc(O)cc1)[C@@H](C)CC)C(C)C)C(=O)N[C@@H](CCCNC(=N)N)C(=O)N[C@@H](CO)C(=O)N[C@@H](C)C(=O)N1CCC[C@H]1C(=O)N[C@@H](CCCCN)C(=O)N[C@@H](CCCNC(=N)N)C(=O)N[C@@H](CO)C(=O)N[C@@H](CCCCN)C(=O)N[C@@H](C)C(=O)N[C@@H](CC(C)C)C(=O)N[C@@H](CCCCN)C(=O)O. The Morgan fingerprint density at radius 2 is 0.699 bits per heavy atom. The average molecular weight is 2020 g/mol. The lowest BCUT2D eigenvalue weighted by atomic mass is 9.95. The number of carbonyl (C=O) groups excluding carboxylic acids is 16. The number of likely N-dealkylation sites (tertiary alicyclic amines) is 1. The van der Waals surface area contributed by atoms with Crippen LogP contribution >= 0.6 is 0 Å². The molecule has 0 spiro atoms. The van der Waals surface area contributed by atoms with Crippen LogP contribution in [0.15, 0.2) is 48.5 Å². The fourth-order valence-electron chi connectivity index (χ4n) is 15.5. The molecule has 1 aliphatic rings. The zero-order valence-corrected chi connectivity index (χ0v) is 84.0. The van der Waals surface area contributed by atoms with Crippen molar-refractivity contribution in [2.75, 3.05) is 59.0 Å². The maximum atomic E-state index is 14.9. The van der Waals surface area contributed by atoms with Crippen molar-refractivity contribution in [3.63, 3.8) is 0 Å². The number of unbranched alkanes of at least 4 members (excludes halogenated alkanes) is 4. The smallest absolute Gasteiger partial charge is 0.326 e. The Labute approximate surface area is 835 Å². The molecule has 2 aromatic carbocycles. The third-order valence-corrected chi connectivity index (χ3v) is 24.4. The van der Waals surface area contributed by atoms with Crippen LogP contribution in [-0.4, -0.2) is 305 Å². The molecule has 0 bridgehead atoms. The van der Waals surface area contributed by atoms with Crippen molar-refractivity contribution >= 4 is 112 Å². The largest absolute Gasteiger partial charge is 0.508 e. The number of rotatable bonds is 69. The van der Waals surface area contributed by atoms with Gasteiger partial charge in [0.05, 0.1) is 19.3 Å². The van der Waals surface area contributed by atoms with Gasteiger partial charge in [-0.05, 0) is 228 Å². The monoisotopic (exact) mass is 2020 g/mol. The molecule has 0 radical (unpaired) electrons. The molecule has 0 aliphatic carbocycles. The molecule has 19 atom stereocenters. The lowest BCUT2D eigenvalue weighted by Crippen LogP contribution is -2.62. The Kier molecular flexibility index (Phi) is 57.6. The number of carboxylic acid groups (broad SMARTS) is 1. The van der Waals surface area contributed by atoms with Gasteiger partial charge in [0.2, 0.25) is 94.5 Å². The van der Waals surface area contributed by atoms with Crippen molar-refractivity contribution in [2.24, 2.45) is 63.8 Å². The summed E-state index contributed by atoms with van der Waals surface area (Å²) in [6.45, 7) is 14.8. The van der Waals surface area contributed by atoms with E-state index in [1.165, 1.54) is 50.2 Å². The van der Waals surface area contributed by atoms with Crippen molar-refractivity contribution in [3.05, 3.63) is 59.7 Å². The second-order valence-electron chi connectivity index (χ2n) is 37.0. The number of hydrogen-bond donors (Lipinski definition) is 31. The number of amides is 16. The molecular formula is C94H161N27O22. The first-order chi connectivity index (χ1) is 67.7. The molecule has 1 saturated heterocycles. The average Bonchev–Trinajstić information content (AvgIpc) is 1.69. The topological polar surface area (TPSA) is 829 Å². The highest BCUT2D eigenvalue weighted by atomic mass is 16.4. The lowest BCUT2D eigenvalue weighted by Gasteiger charge is -2.31. The van der Waals surface area contributed by atoms with E-state index in [0.29, 0.717) is 56.2 Å². The number of nitrogens with one attached hydrogen (secondary N) is 19. The summed E-state index contributed by atoms with van der Waals surface area (Å²) in [6, 6.07) is -12.5. The van der Waals surface area contributed by atoms with Crippen LogP contribution in [0, 0.1) is 34.5 Å². The molecule has 38 N–H and O–H groups in total. The van der Waals surface area contributed by atoms with Gasteiger partial charge in [-0.25, -0.2) is 4.79 Å². The molecule has 1 fully saturated rings. The van der Waals surface area contributed by atoms with Crippen molar-refractivity contribution in [1.82, 2.24) is 95.3 Å². The number of aliphatic carboxylic acids is 1. The van der Waals surface area contributed by atoms with Crippen LogP contribution in [0.3, 0.4) is 0 Å². The molecule has 0 saturated carbocycles. The normalized spacial score (nSPS) is 16.1. The molecule has 49 heteroatoms. The molecule has 0 unspecified atom stereocenters. The van der Waals surface area contributed by atoms with Gasteiger partial charge in [0.25, 0.3) is 0 Å². The van der Waals surface area contributed by atoms with Crippen molar-refractivity contribution < 1.29 is 107 Å². The van der Waals surface area contributed by atoms with E-state index in [0.717, 1.165) is 4.90 Å². The van der Waals surface area contributed by atoms with E-state index in [4.69, 9.17) is 51.0 Å². The van der Waals surface area contributed by atoms with E-state index in [1.54, 1.807) is 67.5 Å². The molecule has 16 amide bonds. The molecule has 49 nitrogen and oxygen atoms in total. The molecule has 143 heavy (non-hydrogen) atoms. The highest BCUT2D eigenvalue weighted by Gasteiger charge is 2.43. The van der Waals surface area contributed by atoms with E-state index >= 15 is 0 Å². The second kappa shape index (κ2) is 66.2. The molecule has 1 aliphatic heterocycles. The number of guanidine groups is 2. The van der Waals surface area contributed by atoms with Crippen molar-refractivity contribution in [1.29, 1.82) is 10.8 Å². The van der Waals surface area contributed by atoms with Gasteiger partial charge in [-0.1, -0.05) is 92.5 Å². The maximum absolute atomic E-state index is 14.9. The number of phenolic OH excluding ortho intramolecular Hbond substituents is 2.